The fourth-order valence-electron chi connectivity index (χ4n) is 1.77. The molecule has 1 N–H and O–H groups in total. The van der Waals surface area contributed by atoms with Crippen LogP contribution in [-0.2, 0) is 4.79 Å². The first-order chi connectivity index (χ1) is 6.29. The Morgan fingerprint density at radius 1 is 1.43 bits per heavy atom. The lowest BCUT2D eigenvalue weighted by Crippen LogP contribution is -2.49. The Kier molecular flexibility index (Phi) is 5.13. The van der Waals surface area contributed by atoms with E-state index < -0.39 is 5.97 Å². The van der Waals surface area contributed by atoms with Gasteiger partial charge in [-0.25, -0.2) is 0 Å². The molecule has 0 aromatic carbocycles. The smallest absolute Gasteiger partial charge is 0.317 e. The lowest BCUT2D eigenvalue weighted by Gasteiger charge is -2.39. The number of carboxylic acid groups (broad SMARTS) is 1. The van der Waals surface area contributed by atoms with Gasteiger partial charge in [0, 0.05) is 11.6 Å². The maximum Gasteiger partial charge on any atom is 0.317 e. The van der Waals surface area contributed by atoms with E-state index in [2.05, 4.69) is 34.6 Å². The summed E-state index contributed by atoms with van der Waals surface area (Å²) in [6.07, 6.45) is 2.14. The van der Waals surface area contributed by atoms with Gasteiger partial charge in [-0.2, -0.15) is 0 Å². The molecule has 0 spiro atoms. The lowest BCUT2D eigenvalue weighted by molar-refractivity contribution is -0.140. The monoisotopic (exact) mass is 201 g/mol. The van der Waals surface area contributed by atoms with Gasteiger partial charge in [0.15, 0.2) is 0 Å². The Bertz CT molecular complexity index is 184. The minimum atomic E-state index is -0.747. The van der Waals surface area contributed by atoms with Crippen LogP contribution in [-0.4, -0.2) is 34.1 Å². The standard InChI is InChI=1S/C11H23NO2/c1-6-7-9(2)12(8-10(13)14)11(3,4)5/h9H,6-8H2,1-5H3,(H,13,14). The van der Waals surface area contributed by atoms with Gasteiger partial charge in [-0.15, -0.1) is 0 Å². The van der Waals surface area contributed by atoms with Gasteiger partial charge in [0.2, 0.25) is 0 Å². The summed E-state index contributed by atoms with van der Waals surface area (Å²) in [6, 6.07) is 0.330. The van der Waals surface area contributed by atoms with Crippen molar-refractivity contribution in [3.8, 4) is 0 Å². The highest BCUT2D eigenvalue weighted by Gasteiger charge is 2.27. The van der Waals surface area contributed by atoms with Crippen molar-refractivity contribution in [3.63, 3.8) is 0 Å². The fourth-order valence-corrected chi connectivity index (χ4v) is 1.77. The molecule has 14 heavy (non-hydrogen) atoms. The van der Waals surface area contributed by atoms with Crippen molar-refractivity contribution in [2.24, 2.45) is 0 Å². The molecule has 0 amide bonds. The van der Waals surface area contributed by atoms with Crippen LogP contribution in [0.5, 0.6) is 0 Å². The second kappa shape index (κ2) is 5.35. The van der Waals surface area contributed by atoms with Crippen LogP contribution in [0.15, 0.2) is 0 Å². The third-order valence-corrected chi connectivity index (χ3v) is 2.41. The molecule has 1 unspecified atom stereocenters. The van der Waals surface area contributed by atoms with Gasteiger partial charge in [-0.1, -0.05) is 13.3 Å². The SMILES string of the molecule is CCCC(C)N(CC(=O)O)C(C)(C)C. The van der Waals surface area contributed by atoms with Crippen molar-refractivity contribution in [2.45, 2.75) is 59.0 Å². The molecule has 0 heterocycles. The average molecular weight is 201 g/mol. The number of nitrogens with zero attached hydrogens (tertiary/aromatic N) is 1. The molecular formula is C11H23NO2. The molecule has 0 rings (SSSR count). The van der Waals surface area contributed by atoms with Crippen molar-refractivity contribution < 1.29 is 9.90 Å². The van der Waals surface area contributed by atoms with E-state index in [9.17, 15) is 4.79 Å². The fraction of sp³-hybridized carbons (Fsp3) is 0.909. The van der Waals surface area contributed by atoms with Crippen LogP contribution in [0, 0.1) is 0 Å². The van der Waals surface area contributed by atoms with Gasteiger partial charge >= 0.3 is 5.97 Å². The van der Waals surface area contributed by atoms with Crippen molar-refractivity contribution in [2.75, 3.05) is 6.54 Å². The Labute approximate surface area is 87.1 Å². The highest BCUT2D eigenvalue weighted by atomic mass is 16.4. The van der Waals surface area contributed by atoms with Crippen LogP contribution >= 0.6 is 0 Å². The molecule has 0 radical (unpaired) electrons. The minimum Gasteiger partial charge on any atom is -0.480 e. The Morgan fingerprint density at radius 3 is 2.21 bits per heavy atom. The van der Waals surface area contributed by atoms with E-state index in [1.165, 1.54) is 0 Å². The number of rotatable bonds is 5. The van der Waals surface area contributed by atoms with Gasteiger partial charge in [0.05, 0.1) is 6.54 Å². The summed E-state index contributed by atoms with van der Waals surface area (Å²) in [4.78, 5) is 12.8. The first-order valence-electron chi connectivity index (χ1n) is 5.27. The molecular weight excluding hydrogens is 178 g/mol. The van der Waals surface area contributed by atoms with Crippen LogP contribution in [0.3, 0.4) is 0 Å². The number of hydrogen-bond donors (Lipinski definition) is 1. The van der Waals surface area contributed by atoms with E-state index in [1.54, 1.807) is 0 Å². The zero-order valence-corrected chi connectivity index (χ0v) is 10.0. The van der Waals surface area contributed by atoms with Crippen molar-refractivity contribution >= 4 is 5.97 Å². The maximum atomic E-state index is 10.7. The van der Waals surface area contributed by atoms with E-state index in [-0.39, 0.29) is 12.1 Å². The second-order valence-corrected chi connectivity index (χ2v) is 4.83. The molecule has 1 atom stereocenters. The van der Waals surface area contributed by atoms with Gasteiger partial charge in [0.1, 0.15) is 0 Å². The van der Waals surface area contributed by atoms with Crippen LogP contribution in [0.2, 0.25) is 0 Å². The average Bonchev–Trinajstić information content (AvgIpc) is 1.98. The summed E-state index contributed by atoms with van der Waals surface area (Å²) in [7, 11) is 0. The molecule has 0 fully saturated rings. The van der Waals surface area contributed by atoms with E-state index >= 15 is 0 Å². The first-order valence-corrected chi connectivity index (χ1v) is 5.27. The quantitative estimate of drug-likeness (QED) is 0.742. The van der Waals surface area contributed by atoms with E-state index in [0.29, 0.717) is 6.04 Å². The molecule has 0 saturated carbocycles. The summed E-state index contributed by atoms with van der Waals surface area (Å²) in [6.45, 7) is 10.5. The third kappa shape index (κ3) is 4.61. The molecule has 0 aliphatic heterocycles. The highest BCUT2D eigenvalue weighted by molar-refractivity contribution is 5.69. The zero-order valence-electron chi connectivity index (χ0n) is 10.0. The third-order valence-electron chi connectivity index (χ3n) is 2.41. The van der Waals surface area contributed by atoms with Crippen molar-refractivity contribution in [3.05, 3.63) is 0 Å². The summed E-state index contributed by atoms with van der Waals surface area (Å²) < 4.78 is 0. The van der Waals surface area contributed by atoms with E-state index in [4.69, 9.17) is 5.11 Å². The summed E-state index contributed by atoms with van der Waals surface area (Å²) >= 11 is 0. The number of aliphatic carboxylic acids is 1. The van der Waals surface area contributed by atoms with Gasteiger partial charge in [-0.05, 0) is 34.1 Å². The molecule has 3 nitrogen and oxygen atoms in total. The summed E-state index contributed by atoms with van der Waals surface area (Å²) in [5, 5.41) is 8.82. The zero-order chi connectivity index (χ0) is 11.4. The topological polar surface area (TPSA) is 40.5 Å². The van der Waals surface area contributed by atoms with Crippen LogP contribution < -0.4 is 0 Å². The summed E-state index contributed by atoms with van der Waals surface area (Å²) in [5.74, 6) is -0.747. The maximum absolute atomic E-state index is 10.7. The number of hydrogen-bond acceptors (Lipinski definition) is 2. The number of carboxylic acids is 1. The molecule has 0 aliphatic rings. The molecule has 84 valence electrons. The van der Waals surface area contributed by atoms with Crippen molar-refractivity contribution in [1.82, 2.24) is 4.90 Å². The lowest BCUT2D eigenvalue weighted by atomic mass is 10.0. The largest absolute Gasteiger partial charge is 0.480 e. The predicted molar refractivity (Wildman–Crippen MR) is 58.5 cm³/mol. The normalized spacial score (nSPS) is 14.4. The second-order valence-electron chi connectivity index (χ2n) is 4.83. The molecule has 0 aliphatic carbocycles. The van der Waals surface area contributed by atoms with Gasteiger partial charge < -0.3 is 5.11 Å². The van der Waals surface area contributed by atoms with Crippen LogP contribution in [0.1, 0.15) is 47.5 Å². The Balaban J connectivity index is 4.46. The van der Waals surface area contributed by atoms with Gasteiger partial charge in [-0.3, -0.25) is 9.69 Å². The highest BCUT2D eigenvalue weighted by Crippen LogP contribution is 2.19. The van der Waals surface area contributed by atoms with E-state index in [0.717, 1.165) is 12.8 Å². The van der Waals surface area contributed by atoms with Crippen LogP contribution in [0.4, 0.5) is 0 Å². The molecule has 0 aromatic rings. The Hall–Kier alpha value is -0.570. The minimum absolute atomic E-state index is 0.0764. The predicted octanol–water partition coefficient (Wildman–Crippen LogP) is 2.36. The van der Waals surface area contributed by atoms with E-state index in [1.807, 2.05) is 4.90 Å². The van der Waals surface area contributed by atoms with Crippen molar-refractivity contribution in [1.29, 1.82) is 0 Å². The molecule has 3 heteroatoms. The first kappa shape index (κ1) is 13.4. The molecule has 0 aromatic heterocycles. The molecule has 0 bridgehead atoms. The number of carbonyl (C=O) groups is 1. The van der Waals surface area contributed by atoms with Gasteiger partial charge in [0.25, 0.3) is 0 Å². The Morgan fingerprint density at radius 2 is 1.93 bits per heavy atom. The summed E-state index contributed by atoms with van der Waals surface area (Å²) in [5.41, 5.74) is -0.0764. The van der Waals surface area contributed by atoms with Crippen LogP contribution in [0.25, 0.3) is 0 Å². The molecule has 0 saturated heterocycles.